The SMILES string of the molecule is Cc1ccc(NC(=O)C2(C)CCCNC2)cc1[N+](=O)[O-]. The topological polar surface area (TPSA) is 84.3 Å². The van der Waals surface area contributed by atoms with E-state index in [2.05, 4.69) is 10.6 Å². The third-order valence-corrected chi connectivity index (χ3v) is 3.81. The third-order valence-electron chi connectivity index (χ3n) is 3.81. The number of amides is 1. The lowest BCUT2D eigenvalue weighted by atomic mass is 9.82. The fraction of sp³-hybridized carbons (Fsp3) is 0.500. The van der Waals surface area contributed by atoms with E-state index >= 15 is 0 Å². The predicted molar refractivity (Wildman–Crippen MR) is 76.7 cm³/mol. The van der Waals surface area contributed by atoms with Gasteiger partial charge in [0, 0.05) is 23.9 Å². The van der Waals surface area contributed by atoms with Gasteiger partial charge in [0.25, 0.3) is 5.69 Å². The Morgan fingerprint density at radius 2 is 2.25 bits per heavy atom. The number of benzene rings is 1. The molecule has 6 nitrogen and oxygen atoms in total. The van der Waals surface area contributed by atoms with E-state index in [0.29, 0.717) is 17.8 Å². The van der Waals surface area contributed by atoms with Gasteiger partial charge in [-0.15, -0.1) is 0 Å². The lowest BCUT2D eigenvalue weighted by Gasteiger charge is -2.32. The number of nitrogens with one attached hydrogen (secondary N) is 2. The first kappa shape index (κ1) is 14.5. The summed E-state index contributed by atoms with van der Waals surface area (Å²) in [4.78, 5) is 22.8. The molecule has 1 aromatic carbocycles. The Labute approximate surface area is 117 Å². The first-order valence-electron chi connectivity index (χ1n) is 6.70. The molecule has 6 heteroatoms. The lowest BCUT2D eigenvalue weighted by Crippen LogP contribution is -2.46. The molecule has 0 aliphatic carbocycles. The van der Waals surface area contributed by atoms with E-state index in [1.165, 1.54) is 6.07 Å². The molecule has 1 saturated heterocycles. The van der Waals surface area contributed by atoms with Crippen LogP contribution in [0.2, 0.25) is 0 Å². The third kappa shape index (κ3) is 2.96. The van der Waals surface area contributed by atoms with Crippen LogP contribution < -0.4 is 10.6 Å². The summed E-state index contributed by atoms with van der Waals surface area (Å²) in [5.41, 5.74) is 0.616. The zero-order chi connectivity index (χ0) is 14.8. The molecule has 1 aromatic rings. The predicted octanol–water partition coefficient (Wildman–Crippen LogP) is 2.23. The second kappa shape index (κ2) is 5.58. The fourth-order valence-corrected chi connectivity index (χ4v) is 2.42. The molecule has 108 valence electrons. The maximum Gasteiger partial charge on any atom is 0.274 e. The summed E-state index contributed by atoms with van der Waals surface area (Å²) >= 11 is 0. The van der Waals surface area contributed by atoms with Gasteiger partial charge in [-0.2, -0.15) is 0 Å². The molecule has 1 atom stereocenters. The summed E-state index contributed by atoms with van der Waals surface area (Å²) in [7, 11) is 0. The van der Waals surface area contributed by atoms with E-state index in [0.717, 1.165) is 19.4 Å². The Morgan fingerprint density at radius 3 is 2.85 bits per heavy atom. The maximum atomic E-state index is 12.3. The molecule has 0 spiro atoms. The van der Waals surface area contributed by atoms with Crippen LogP contribution in [0, 0.1) is 22.5 Å². The van der Waals surface area contributed by atoms with Gasteiger partial charge in [0.2, 0.25) is 5.91 Å². The van der Waals surface area contributed by atoms with E-state index in [-0.39, 0.29) is 11.6 Å². The normalized spacial score (nSPS) is 22.3. The van der Waals surface area contributed by atoms with Crippen molar-refractivity contribution in [2.75, 3.05) is 18.4 Å². The molecule has 1 heterocycles. The van der Waals surface area contributed by atoms with Crippen LogP contribution in [0.4, 0.5) is 11.4 Å². The number of carbonyl (C=O) groups excluding carboxylic acids is 1. The highest BCUT2D eigenvalue weighted by atomic mass is 16.6. The summed E-state index contributed by atoms with van der Waals surface area (Å²) in [5, 5.41) is 16.9. The fourth-order valence-electron chi connectivity index (χ4n) is 2.42. The summed E-state index contributed by atoms with van der Waals surface area (Å²) in [6, 6.07) is 4.75. The van der Waals surface area contributed by atoms with E-state index in [1.54, 1.807) is 19.1 Å². The number of anilines is 1. The van der Waals surface area contributed by atoms with Crippen LogP contribution in [0.3, 0.4) is 0 Å². The molecule has 1 aliphatic heterocycles. The second-order valence-corrected chi connectivity index (χ2v) is 5.55. The van der Waals surface area contributed by atoms with Gasteiger partial charge in [-0.1, -0.05) is 6.07 Å². The van der Waals surface area contributed by atoms with Crippen LogP contribution >= 0.6 is 0 Å². The van der Waals surface area contributed by atoms with Gasteiger partial charge in [-0.25, -0.2) is 0 Å². The molecule has 0 saturated carbocycles. The number of aryl methyl sites for hydroxylation is 1. The van der Waals surface area contributed by atoms with Crippen LogP contribution in [0.25, 0.3) is 0 Å². The number of piperidine rings is 1. The van der Waals surface area contributed by atoms with Gasteiger partial charge in [-0.3, -0.25) is 14.9 Å². The van der Waals surface area contributed by atoms with Crippen LogP contribution in [0.15, 0.2) is 18.2 Å². The summed E-state index contributed by atoms with van der Waals surface area (Å²) < 4.78 is 0. The van der Waals surface area contributed by atoms with Gasteiger partial charge in [0.15, 0.2) is 0 Å². The molecule has 1 fully saturated rings. The molecule has 2 rings (SSSR count). The van der Waals surface area contributed by atoms with E-state index in [9.17, 15) is 14.9 Å². The minimum atomic E-state index is -0.460. The minimum absolute atomic E-state index is 0.0229. The molecule has 1 aliphatic rings. The van der Waals surface area contributed by atoms with Gasteiger partial charge in [-0.05, 0) is 39.3 Å². The van der Waals surface area contributed by atoms with Crippen molar-refractivity contribution in [2.24, 2.45) is 5.41 Å². The molecule has 20 heavy (non-hydrogen) atoms. The largest absolute Gasteiger partial charge is 0.325 e. The molecule has 0 radical (unpaired) electrons. The highest BCUT2D eigenvalue weighted by Gasteiger charge is 2.34. The van der Waals surface area contributed by atoms with Gasteiger partial charge < -0.3 is 10.6 Å². The Bertz CT molecular complexity index is 536. The van der Waals surface area contributed by atoms with Gasteiger partial charge >= 0.3 is 0 Å². The van der Waals surface area contributed by atoms with Crippen LogP contribution in [-0.4, -0.2) is 23.9 Å². The van der Waals surface area contributed by atoms with Crippen molar-refractivity contribution < 1.29 is 9.72 Å². The number of hydrogen-bond donors (Lipinski definition) is 2. The molecular weight excluding hydrogens is 258 g/mol. The average Bonchev–Trinajstić information content (AvgIpc) is 2.41. The average molecular weight is 277 g/mol. The number of nitro benzene ring substituents is 1. The van der Waals surface area contributed by atoms with E-state index in [4.69, 9.17) is 0 Å². The summed E-state index contributed by atoms with van der Waals surface area (Å²) in [5.74, 6) is -0.0946. The van der Waals surface area contributed by atoms with Crippen molar-refractivity contribution in [3.05, 3.63) is 33.9 Å². The van der Waals surface area contributed by atoms with Crippen molar-refractivity contribution in [2.45, 2.75) is 26.7 Å². The zero-order valence-electron chi connectivity index (χ0n) is 11.7. The van der Waals surface area contributed by atoms with Crippen LogP contribution in [0.5, 0.6) is 0 Å². The highest BCUT2D eigenvalue weighted by molar-refractivity contribution is 5.95. The number of carbonyl (C=O) groups is 1. The summed E-state index contributed by atoms with van der Waals surface area (Å²) in [6.45, 7) is 5.15. The molecular formula is C14H19N3O3. The van der Waals surface area contributed by atoms with E-state index in [1.807, 2.05) is 6.92 Å². The van der Waals surface area contributed by atoms with Crippen LogP contribution in [0.1, 0.15) is 25.3 Å². The minimum Gasteiger partial charge on any atom is -0.325 e. The van der Waals surface area contributed by atoms with Crippen molar-refractivity contribution in [3.8, 4) is 0 Å². The second-order valence-electron chi connectivity index (χ2n) is 5.55. The number of nitro groups is 1. The molecule has 1 amide bonds. The Balaban J connectivity index is 2.15. The lowest BCUT2D eigenvalue weighted by molar-refractivity contribution is -0.385. The first-order chi connectivity index (χ1) is 9.42. The van der Waals surface area contributed by atoms with Crippen molar-refractivity contribution >= 4 is 17.3 Å². The van der Waals surface area contributed by atoms with Crippen molar-refractivity contribution in [3.63, 3.8) is 0 Å². The quantitative estimate of drug-likeness (QED) is 0.655. The Hall–Kier alpha value is -1.95. The smallest absolute Gasteiger partial charge is 0.274 e. The Kier molecular flexibility index (Phi) is 4.04. The number of rotatable bonds is 3. The summed E-state index contributed by atoms with van der Waals surface area (Å²) in [6.07, 6.45) is 1.78. The van der Waals surface area contributed by atoms with Gasteiger partial charge in [0.1, 0.15) is 0 Å². The molecule has 0 bridgehead atoms. The van der Waals surface area contributed by atoms with Gasteiger partial charge in [0.05, 0.1) is 10.3 Å². The first-order valence-corrected chi connectivity index (χ1v) is 6.70. The van der Waals surface area contributed by atoms with E-state index < -0.39 is 10.3 Å². The number of nitrogens with zero attached hydrogens (tertiary/aromatic N) is 1. The molecule has 1 unspecified atom stereocenters. The zero-order valence-corrected chi connectivity index (χ0v) is 11.7. The van der Waals surface area contributed by atoms with Crippen molar-refractivity contribution in [1.29, 1.82) is 0 Å². The Morgan fingerprint density at radius 1 is 1.50 bits per heavy atom. The number of hydrogen-bond acceptors (Lipinski definition) is 4. The molecule has 2 N–H and O–H groups in total. The monoisotopic (exact) mass is 277 g/mol. The maximum absolute atomic E-state index is 12.3. The molecule has 0 aromatic heterocycles. The van der Waals surface area contributed by atoms with Crippen molar-refractivity contribution in [1.82, 2.24) is 5.32 Å². The standard InChI is InChI=1S/C14H19N3O3/c1-10-4-5-11(8-12(10)17(19)20)16-13(18)14(2)6-3-7-15-9-14/h4-5,8,15H,3,6-7,9H2,1-2H3,(H,16,18). The highest BCUT2D eigenvalue weighted by Crippen LogP contribution is 2.28. The van der Waals surface area contributed by atoms with Crippen LogP contribution in [-0.2, 0) is 4.79 Å².